The molecule has 0 bridgehead atoms. The van der Waals surface area contributed by atoms with Crippen LogP contribution >= 0.6 is 11.8 Å². The van der Waals surface area contributed by atoms with E-state index in [1.165, 1.54) is 18.2 Å². The van der Waals surface area contributed by atoms with Crippen LogP contribution in [-0.2, 0) is 14.6 Å². The van der Waals surface area contributed by atoms with E-state index < -0.39 is 15.4 Å². The maximum Gasteiger partial charge on any atom is 0.253 e. The van der Waals surface area contributed by atoms with Crippen LogP contribution in [0.15, 0.2) is 29.3 Å². The van der Waals surface area contributed by atoms with E-state index in [4.69, 9.17) is 5.73 Å². The molecule has 4 aliphatic rings. The first-order valence-electron chi connectivity index (χ1n) is 11.9. The molecule has 4 aliphatic heterocycles. The number of carbonyl (C=O) groups is 2. The van der Waals surface area contributed by atoms with Crippen LogP contribution in [0, 0.1) is 0 Å². The molecule has 184 valence electrons. The van der Waals surface area contributed by atoms with Crippen molar-refractivity contribution in [2.45, 2.75) is 48.9 Å². The second kappa shape index (κ2) is 9.16. The average Bonchev–Trinajstić information content (AvgIpc) is 3.32. The number of likely N-dealkylation sites (tertiary alicyclic amines) is 2. The van der Waals surface area contributed by atoms with E-state index in [-0.39, 0.29) is 34.6 Å². The number of thioether (sulfide) groups is 1. The highest BCUT2D eigenvalue weighted by Gasteiger charge is 2.46. The molecule has 4 heterocycles. The highest BCUT2D eigenvalue weighted by atomic mass is 32.2. The van der Waals surface area contributed by atoms with Crippen molar-refractivity contribution in [3.8, 4) is 0 Å². The van der Waals surface area contributed by atoms with E-state index >= 15 is 0 Å². The molecular weight excluding hydrogens is 474 g/mol. The number of anilines is 1. The standard InChI is InChI=1S/C23H31N5O4S2/c24-21(30)23(28-10-2-1-3-11-28)8-12-27(13-9-23)20(29)16-4-6-17(7-5-16)25-22-26-18-14-34(31,32)15-19(18)33-22/h4-7,18-19H,1-3,8-15H2,(H2,24,30)(H,25,26)/t18-,19-/m0/s1. The topological polar surface area (TPSA) is 125 Å². The predicted octanol–water partition coefficient (Wildman–Crippen LogP) is 1.31. The Bertz CT molecular complexity index is 1090. The fourth-order valence-electron chi connectivity index (χ4n) is 5.54. The molecule has 3 N–H and O–H groups in total. The predicted molar refractivity (Wildman–Crippen MR) is 134 cm³/mol. The SMILES string of the molecule is NC(=O)C1(N2CCCCC2)CCN(C(=O)c2ccc(NC3=N[C@H]4CS(=O)(=O)C[C@@H]4S3)cc2)CC1. The summed E-state index contributed by atoms with van der Waals surface area (Å²) in [5.41, 5.74) is 6.63. The van der Waals surface area contributed by atoms with E-state index in [1.807, 2.05) is 17.0 Å². The number of sulfone groups is 1. The fourth-order valence-corrected chi connectivity index (χ4v) is 9.21. The van der Waals surface area contributed by atoms with E-state index in [9.17, 15) is 18.0 Å². The van der Waals surface area contributed by atoms with Gasteiger partial charge in [-0.1, -0.05) is 18.2 Å². The minimum Gasteiger partial charge on any atom is -0.368 e. The molecule has 9 nitrogen and oxygen atoms in total. The van der Waals surface area contributed by atoms with Gasteiger partial charge >= 0.3 is 0 Å². The van der Waals surface area contributed by atoms with Gasteiger partial charge in [-0.05, 0) is 63.0 Å². The Morgan fingerprint density at radius 1 is 1.03 bits per heavy atom. The Balaban J connectivity index is 1.19. The van der Waals surface area contributed by atoms with Gasteiger partial charge in [0.15, 0.2) is 15.0 Å². The third-order valence-corrected chi connectivity index (χ3v) is 10.6. The third kappa shape index (κ3) is 4.57. The number of carbonyl (C=O) groups excluding carboxylic acids is 2. The molecule has 0 radical (unpaired) electrons. The zero-order valence-electron chi connectivity index (χ0n) is 19.1. The summed E-state index contributed by atoms with van der Waals surface area (Å²) in [7, 11) is -2.97. The van der Waals surface area contributed by atoms with Crippen molar-refractivity contribution >= 4 is 44.3 Å². The van der Waals surface area contributed by atoms with E-state index in [0.29, 0.717) is 31.5 Å². The number of aliphatic imine (C=N–C) groups is 1. The van der Waals surface area contributed by atoms with Crippen molar-refractivity contribution < 1.29 is 18.0 Å². The summed E-state index contributed by atoms with van der Waals surface area (Å²) in [6, 6.07) is 7.09. The summed E-state index contributed by atoms with van der Waals surface area (Å²) in [6.07, 6.45) is 4.51. The number of hydrogen-bond donors (Lipinski definition) is 2. The fraction of sp³-hybridized carbons (Fsp3) is 0.609. The molecule has 0 aliphatic carbocycles. The van der Waals surface area contributed by atoms with Crippen molar-refractivity contribution in [2.24, 2.45) is 10.7 Å². The van der Waals surface area contributed by atoms with Crippen molar-refractivity contribution in [1.29, 1.82) is 0 Å². The van der Waals surface area contributed by atoms with Crippen molar-refractivity contribution in [3.05, 3.63) is 29.8 Å². The Kier molecular flexibility index (Phi) is 6.36. The van der Waals surface area contributed by atoms with Crippen molar-refractivity contribution in [3.63, 3.8) is 0 Å². The number of nitrogens with two attached hydrogens (primary N) is 1. The lowest BCUT2D eigenvalue weighted by Crippen LogP contribution is -2.63. The van der Waals surface area contributed by atoms with E-state index in [2.05, 4.69) is 15.2 Å². The Morgan fingerprint density at radius 2 is 1.71 bits per heavy atom. The zero-order valence-corrected chi connectivity index (χ0v) is 20.7. The molecule has 5 rings (SSSR count). The van der Waals surface area contributed by atoms with E-state index in [0.717, 1.165) is 36.8 Å². The normalized spacial score (nSPS) is 28.2. The van der Waals surface area contributed by atoms with Crippen LogP contribution in [0.3, 0.4) is 0 Å². The van der Waals surface area contributed by atoms with Gasteiger partial charge in [0, 0.05) is 29.6 Å². The average molecular weight is 506 g/mol. The highest BCUT2D eigenvalue weighted by molar-refractivity contribution is 8.15. The Labute approximate surface area is 204 Å². The van der Waals surface area contributed by atoms with Crippen LogP contribution < -0.4 is 11.1 Å². The quantitative estimate of drug-likeness (QED) is 0.632. The second-order valence-electron chi connectivity index (χ2n) is 9.67. The summed E-state index contributed by atoms with van der Waals surface area (Å²) in [6.45, 7) is 2.81. The molecule has 3 fully saturated rings. The lowest BCUT2D eigenvalue weighted by atomic mass is 9.83. The number of piperidine rings is 2. The smallest absolute Gasteiger partial charge is 0.253 e. The number of nitrogens with zero attached hydrogens (tertiary/aromatic N) is 3. The molecule has 34 heavy (non-hydrogen) atoms. The highest BCUT2D eigenvalue weighted by Crippen LogP contribution is 2.35. The maximum atomic E-state index is 13.1. The Morgan fingerprint density at radius 3 is 2.32 bits per heavy atom. The van der Waals surface area contributed by atoms with Crippen molar-refractivity contribution in [2.75, 3.05) is 43.0 Å². The van der Waals surface area contributed by atoms with Crippen LogP contribution in [-0.4, -0.2) is 89.7 Å². The minimum atomic E-state index is -2.97. The summed E-state index contributed by atoms with van der Waals surface area (Å²) in [5, 5.41) is 3.95. The van der Waals surface area contributed by atoms with Crippen LogP contribution in [0.2, 0.25) is 0 Å². The van der Waals surface area contributed by atoms with Crippen molar-refractivity contribution in [1.82, 2.24) is 9.80 Å². The lowest BCUT2D eigenvalue weighted by Gasteiger charge is -2.48. The summed E-state index contributed by atoms with van der Waals surface area (Å²) in [4.78, 5) is 34.1. The number of primary amides is 1. The molecule has 2 amide bonds. The second-order valence-corrected chi connectivity index (χ2v) is 13.1. The molecular formula is C23H31N5O4S2. The van der Waals surface area contributed by atoms with Gasteiger partial charge in [-0.15, -0.1) is 0 Å². The number of benzene rings is 1. The van der Waals surface area contributed by atoms with Gasteiger partial charge in [0.25, 0.3) is 5.91 Å². The van der Waals surface area contributed by atoms with Gasteiger partial charge in [0.1, 0.15) is 5.54 Å². The molecule has 0 saturated carbocycles. The van der Waals surface area contributed by atoms with Gasteiger partial charge in [0.05, 0.1) is 17.5 Å². The molecule has 1 aromatic rings. The van der Waals surface area contributed by atoms with Crippen LogP contribution in [0.5, 0.6) is 0 Å². The summed E-state index contributed by atoms with van der Waals surface area (Å²) in [5.74, 6) is -0.0230. The van der Waals surface area contributed by atoms with Crippen LogP contribution in [0.25, 0.3) is 0 Å². The van der Waals surface area contributed by atoms with Crippen LogP contribution in [0.1, 0.15) is 42.5 Å². The van der Waals surface area contributed by atoms with Crippen LogP contribution in [0.4, 0.5) is 5.69 Å². The zero-order chi connectivity index (χ0) is 23.9. The first-order valence-corrected chi connectivity index (χ1v) is 14.6. The largest absolute Gasteiger partial charge is 0.368 e. The molecule has 11 heteroatoms. The van der Waals surface area contributed by atoms with Gasteiger partial charge in [-0.25, -0.2) is 8.42 Å². The summed E-state index contributed by atoms with van der Waals surface area (Å²) < 4.78 is 23.5. The molecule has 0 aromatic heterocycles. The number of amidine groups is 1. The number of fused-ring (bicyclic) bond motifs is 1. The van der Waals surface area contributed by atoms with Gasteiger partial charge in [-0.3, -0.25) is 19.5 Å². The monoisotopic (exact) mass is 505 g/mol. The number of nitrogens with one attached hydrogen (secondary N) is 1. The molecule has 1 aromatic carbocycles. The molecule has 0 spiro atoms. The molecule has 0 unspecified atom stereocenters. The minimum absolute atomic E-state index is 0.00934. The number of rotatable bonds is 4. The summed E-state index contributed by atoms with van der Waals surface area (Å²) >= 11 is 1.47. The van der Waals surface area contributed by atoms with Gasteiger partial charge in [0.2, 0.25) is 5.91 Å². The maximum absolute atomic E-state index is 13.1. The third-order valence-electron chi connectivity index (χ3n) is 7.50. The number of amides is 2. The first kappa shape index (κ1) is 23.6. The van der Waals surface area contributed by atoms with E-state index in [1.54, 1.807) is 12.1 Å². The van der Waals surface area contributed by atoms with Gasteiger partial charge in [-0.2, -0.15) is 0 Å². The molecule has 2 atom stereocenters. The lowest BCUT2D eigenvalue weighted by molar-refractivity contribution is -0.134. The Hall–Kier alpha value is -2.11. The first-order chi connectivity index (χ1) is 16.3. The molecule has 3 saturated heterocycles. The van der Waals surface area contributed by atoms with Gasteiger partial charge < -0.3 is 16.0 Å². The number of hydrogen-bond acceptors (Lipinski definition) is 8.